The van der Waals surface area contributed by atoms with Gasteiger partial charge in [-0.25, -0.2) is 0 Å². The Labute approximate surface area is 163 Å². The Morgan fingerprint density at radius 2 is 1.86 bits per heavy atom. The van der Waals surface area contributed by atoms with Gasteiger partial charge in [-0.15, -0.1) is 0 Å². The second-order valence-electron chi connectivity index (χ2n) is 7.26. The van der Waals surface area contributed by atoms with Gasteiger partial charge in [-0.2, -0.15) is 0 Å². The summed E-state index contributed by atoms with van der Waals surface area (Å²) >= 11 is 0. The molecule has 0 saturated carbocycles. The number of hydrogen-bond donors (Lipinski definition) is 1. The van der Waals surface area contributed by atoms with Crippen LogP contribution in [0.3, 0.4) is 0 Å². The van der Waals surface area contributed by atoms with E-state index < -0.39 is 5.97 Å². The minimum atomic E-state index is -0.844. The van der Waals surface area contributed by atoms with Crippen molar-refractivity contribution in [2.75, 3.05) is 31.2 Å². The molecule has 2 aromatic carbocycles. The number of carbonyl (C=O) groups is 2. The summed E-state index contributed by atoms with van der Waals surface area (Å²) in [5, 5.41) is 8.97. The van der Waals surface area contributed by atoms with Gasteiger partial charge in [0.15, 0.2) is 12.4 Å². The number of anilines is 1. The molecule has 1 atom stereocenters. The molecule has 1 saturated heterocycles. The molecule has 2 heterocycles. The van der Waals surface area contributed by atoms with Crippen molar-refractivity contribution in [1.82, 2.24) is 0 Å². The second kappa shape index (κ2) is 7.92. The van der Waals surface area contributed by atoms with Crippen molar-refractivity contribution in [3.8, 4) is 11.5 Å². The van der Waals surface area contributed by atoms with E-state index >= 15 is 0 Å². The molecule has 0 radical (unpaired) electrons. The SMILES string of the molecule is O=C(O)CC1COc2cc(OCC(=O)c3ccc(N4CCCC4)cc3)ccc21. The molecular formula is C22H23NO5. The number of ketones is 1. The lowest BCUT2D eigenvalue weighted by atomic mass is 9.98. The third-order valence-electron chi connectivity index (χ3n) is 5.32. The van der Waals surface area contributed by atoms with Crippen molar-refractivity contribution in [3.63, 3.8) is 0 Å². The Kier molecular flexibility index (Phi) is 5.19. The maximum Gasteiger partial charge on any atom is 0.304 e. The summed E-state index contributed by atoms with van der Waals surface area (Å²) in [6, 6.07) is 13.0. The summed E-state index contributed by atoms with van der Waals surface area (Å²) in [5.74, 6) is 0.0986. The zero-order valence-corrected chi connectivity index (χ0v) is 15.6. The molecule has 28 heavy (non-hydrogen) atoms. The van der Waals surface area contributed by atoms with Crippen molar-refractivity contribution < 1.29 is 24.2 Å². The minimum Gasteiger partial charge on any atom is -0.492 e. The largest absolute Gasteiger partial charge is 0.492 e. The molecule has 1 fully saturated rings. The first kappa shape index (κ1) is 18.3. The Morgan fingerprint density at radius 1 is 1.11 bits per heavy atom. The minimum absolute atomic E-state index is 0.0408. The number of carbonyl (C=O) groups excluding carboxylic acids is 1. The van der Waals surface area contributed by atoms with Gasteiger partial charge in [-0.1, -0.05) is 6.07 Å². The second-order valence-corrected chi connectivity index (χ2v) is 7.26. The quantitative estimate of drug-likeness (QED) is 0.740. The monoisotopic (exact) mass is 381 g/mol. The average Bonchev–Trinajstić information content (AvgIpc) is 3.36. The number of fused-ring (bicyclic) bond motifs is 1. The molecule has 2 aliphatic heterocycles. The number of hydrogen-bond acceptors (Lipinski definition) is 5. The van der Waals surface area contributed by atoms with Crippen LogP contribution in [-0.4, -0.2) is 43.2 Å². The molecule has 2 aliphatic rings. The molecule has 0 spiro atoms. The predicted octanol–water partition coefficient (Wildman–Crippen LogP) is 3.50. The van der Waals surface area contributed by atoms with Crippen LogP contribution < -0.4 is 14.4 Å². The highest BCUT2D eigenvalue weighted by molar-refractivity contribution is 5.97. The number of Topliss-reactive ketones (excluding diaryl/α,β-unsaturated/α-hetero) is 1. The molecule has 4 rings (SSSR count). The lowest BCUT2D eigenvalue weighted by Gasteiger charge is -2.17. The van der Waals surface area contributed by atoms with Gasteiger partial charge in [0.2, 0.25) is 0 Å². The van der Waals surface area contributed by atoms with E-state index in [1.165, 1.54) is 12.8 Å². The summed E-state index contributed by atoms with van der Waals surface area (Å²) in [4.78, 5) is 25.7. The van der Waals surface area contributed by atoms with Crippen LogP contribution in [0.2, 0.25) is 0 Å². The highest BCUT2D eigenvalue weighted by atomic mass is 16.5. The summed E-state index contributed by atoms with van der Waals surface area (Å²) in [7, 11) is 0. The van der Waals surface area contributed by atoms with E-state index in [4.69, 9.17) is 14.6 Å². The first-order chi connectivity index (χ1) is 13.6. The van der Waals surface area contributed by atoms with Crippen LogP contribution in [-0.2, 0) is 4.79 Å². The van der Waals surface area contributed by atoms with Crippen LogP contribution in [0.1, 0.15) is 41.1 Å². The molecule has 1 unspecified atom stereocenters. The van der Waals surface area contributed by atoms with Gasteiger partial charge < -0.3 is 19.5 Å². The van der Waals surface area contributed by atoms with Gasteiger partial charge in [0, 0.05) is 41.9 Å². The number of ether oxygens (including phenoxy) is 2. The van der Waals surface area contributed by atoms with Gasteiger partial charge in [0.25, 0.3) is 0 Å². The summed E-state index contributed by atoms with van der Waals surface area (Å²) in [6.45, 7) is 2.45. The molecule has 0 amide bonds. The normalized spacial score (nSPS) is 17.9. The molecule has 0 aliphatic carbocycles. The van der Waals surface area contributed by atoms with E-state index in [0.29, 0.717) is 23.7 Å². The Balaban J connectivity index is 1.35. The molecular weight excluding hydrogens is 358 g/mol. The van der Waals surface area contributed by atoms with E-state index in [0.717, 1.165) is 24.3 Å². The summed E-state index contributed by atoms with van der Waals surface area (Å²) in [6.07, 6.45) is 2.48. The fraction of sp³-hybridized carbons (Fsp3) is 0.364. The first-order valence-electron chi connectivity index (χ1n) is 9.60. The van der Waals surface area contributed by atoms with Gasteiger partial charge in [-0.3, -0.25) is 9.59 Å². The molecule has 0 aromatic heterocycles. The fourth-order valence-electron chi connectivity index (χ4n) is 3.79. The van der Waals surface area contributed by atoms with E-state index in [1.807, 2.05) is 30.3 Å². The topological polar surface area (TPSA) is 76.1 Å². The number of carboxylic acid groups (broad SMARTS) is 1. The van der Waals surface area contributed by atoms with Crippen LogP contribution >= 0.6 is 0 Å². The predicted molar refractivity (Wildman–Crippen MR) is 105 cm³/mol. The molecule has 2 aromatic rings. The molecule has 6 nitrogen and oxygen atoms in total. The fourth-order valence-corrected chi connectivity index (χ4v) is 3.79. The van der Waals surface area contributed by atoms with Crippen LogP contribution in [0.15, 0.2) is 42.5 Å². The molecule has 6 heteroatoms. The third-order valence-corrected chi connectivity index (χ3v) is 5.32. The van der Waals surface area contributed by atoms with E-state index in [2.05, 4.69) is 4.90 Å². The molecule has 0 bridgehead atoms. The Bertz CT molecular complexity index is 871. The maximum atomic E-state index is 12.4. The Morgan fingerprint density at radius 3 is 2.57 bits per heavy atom. The van der Waals surface area contributed by atoms with Gasteiger partial charge in [0.1, 0.15) is 11.5 Å². The van der Waals surface area contributed by atoms with E-state index in [-0.39, 0.29) is 24.7 Å². The first-order valence-corrected chi connectivity index (χ1v) is 9.60. The zero-order valence-electron chi connectivity index (χ0n) is 15.6. The number of aliphatic carboxylic acids is 1. The third kappa shape index (κ3) is 3.96. The summed E-state index contributed by atoms with van der Waals surface area (Å²) < 4.78 is 11.2. The lowest BCUT2D eigenvalue weighted by molar-refractivity contribution is -0.137. The number of nitrogens with zero attached hydrogens (tertiary/aromatic N) is 1. The number of benzene rings is 2. The van der Waals surface area contributed by atoms with E-state index in [9.17, 15) is 9.59 Å². The van der Waals surface area contributed by atoms with Gasteiger partial charge in [0.05, 0.1) is 13.0 Å². The highest BCUT2D eigenvalue weighted by Gasteiger charge is 2.26. The number of carboxylic acids is 1. The molecule has 1 N–H and O–H groups in total. The van der Waals surface area contributed by atoms with Gasteiger partial charge >= 0.3 is 5.97 Å². The molecule has 146 valence electrons. The summed E-state index contributed by atoms with van der Waals surface area (Å²) in [5.41, 5.74) is 2.65. The lowest BCUT2D eigenvalue weighted by Crippen LogP contribution is -2.18. The highest BCUT2D eigenvalue weighted by Crippen LogP contribution is 2.38. The number of rotatable bonds is 7. The smallest absolute Gasteiger partial charge is 0.304 e. The van der Waals surface area contributed by atoms with Crippen LogP contribution in [0.5, 0.6) is 11.5 Å². The Hall–Kier alpha value is -3.02. The van der Waals surface area contributed by atoms with Crippen molar-refractivity contribution in [2.45, 2.75) is 25.2 Å². The average molecular weight is 381 g/mol. The van der Waals surface area contributed by atoms with Crippen LogP contribution in [0.25, 0.3) is 0 Å². The van der Waals surface area contributed by atoms with Gasteiger partial charge in [-0.05, 0) is 43.2 Å². The van der Waals surface area contributed by atoms with Crippen molar-refractivity contribution >= 4 is 17.4 Å². The van der Waals surface area contributed by atoms with Crippen LogP contribution in [0.4, 0.5) is 5.69 Å². The van der Waals surface area contributed by atoms with Crippen LogP contribution in [0, 0.1) is 0 Å². The zero-order chi connectivity index (χ0) is 19.5. The maximum absolute atomic E-state index is 12.4. The van der Waals surface area contributed by atoms with Crippen molar-refractivity contribution in [1.29, 1.82) is 0 Å². The standard InChI is InChI=1S/C22H23NO5/c24-20(15-3-5-17(6-4-15)23-9-1-2-10-23)14-27-18-7-8-19-16(11-22(25)26)13-28-21(19)12-18/h3-8,12,16H,1-2,9-11,13-14H2,(H,25,26). The van der Waals surface area contributed by atoms with E-state index in [1.54, 1.807) is 12.1 Å². The van der Waals surface area contributed by atoms with Crippen molar-refractivity contribution in [3.05, 3.63) is 53.6 Å². The van der Waals surface area contributed by atoms with Crippen molar-refractivity contribution in [2.24, 2.45) is 0 Å².